The molecule has 0 heterocycles. The second-order valence-corrected chi connectivity index (χ2v) is 6.28. The lowest BCUT2D eigenvalue weighted by molar-refractivity contribution is 0.280. The summed E-state index contributed by atoms with van der Waals surface area (Å²) in [6.07, 6.45) is 0. The third-order valence-corrected chi connectivity index (χ3v) is 4.29. The molecule has 0 fully saturated rings. The molecule has 0 bridgehead atoms. The van der Waals surface area contributed by atoms with Gasteiger partial charge in [-0.25, -0.2) is 0 Å². The smallest absolute Gasteiger partial charge is 0.120 e. The number of nitrogens with one attached hydrogen (secondary N) is 1. The normalized spacial score (nSPS) is 10.4. The van der Waals surface area contributed by atoms with Crippen LogP contribution in [0.2, 0.25) is 0 Å². The first-order valence-electron chi connectivity index (χ1n) is 8.87. The highest BCUT2D eigenvalue weighted by Crippen LogP contribution is 2.16. The van der Waals surface area contributed by atoms with Gasteiger partial charge in [0.2, 0.25) is 0 Å². The van der Waals surface area contributed by atoms with E-state index in [1.807, 2.05) is 66.7 Å². The maximum Gasteiger partial charge on any atom is 0.120 e. The molecule has 0 radical (unpaired) electrons. The molecule has 0 aliphatic carbocycles. The second-order valence-electron chi connectivity index (χ2n) is 6.28. The lowest BCUT2D eigenvalue weighted by Gasteiger charge is -2.11. The van der Waals surface area contributed by atoms with E-state index in [1.54, 1.807) is 6.07 Å². The summed E-state index contributed by atoms with van der Waals surface area (Å²) in [4.78, 5) is 0. The van der Waals surface area contributed by atoms with Gasteiger partial charge >= 0.3 is 0 Å². The Kier molecular flexibility index (Phi) is 6.59. The van der Waals surface area contributed by atoms with Crippen LogP contribution in [0.1, 0.15) is 27.8 Å². The fraction of sp³-hybridized carbons (Fsp3) is 0.174. The Morgan fingerprint density at radius 2 is 1.63 bits per heavy atom. The average molecular weight is 358 g/mol. The third-order valence-electron chi connectivity index (χ3n) is 4.29. The average Bonchev–Trinajstić information content (AvgIpc) is 2.73. The number of nitriles is 1. The number of hydrogen-bond donors (Lipinski definition) is 2. The molecule has 0 saturated heterocycles. The Labute approximate surface area is 159 Å². The van der Waals surface area contributed by atoms with E-state index in [9.17, 15) is 5.11 Å². The zero-order valence-corrected chi connectivity index (χ0v) is 15.1. The quantitative estimate of drug-likeness (QED) is 0.641. The Bertz CT molecular complexity index is 931. The van der Waals surface area contributed by atoms with Crippen molar-refractivity contribution in [1.82, 2.24) is 5.32 Å². The minimum atomic E-state index is 0.0498. The zero-order chi connectivity index (χ0) is 18.9. The highest BCUT2D eigenvalue weighted by Gasteiger charge is 2.02. The predicted molar refractivity (Wildman–Crippen MR) is 105 cm³/mol. The molecule has 4 nitrogen and oxygen atoms in total. The van der Waals surface area contributed by atoms with E-state index >= 15 is 0 Å². The van der Waals surface area contributed by atoms with Gasteiger partial charge in [0, 0.05) is 13.1 Å². The fourth-order valence-corrected chi connectivity index (χ4v) is 2.87. The van der Waals surface area contributed by atoms with Gasteiger partial charge < -0.3 is 15.2 Å². The molecule has 0 aromatic heterocycles. The SMILES string of the molecule is N#Cc1cccc(COc2cccc(CNCc3ccccc3CO)c2)c1. The summed E-state index contributed by atoms with van der Waals surface area (Å²) in [5.74, 6) is 0.799. The molecule has 0 atom stereocenters. The van der Waals surface area contributed by atoms with Crippen molar-refractivity contribution >= 4 is 0 Å². The second kappa shape index (κ2) is 9.54. The maximum absolute atomic E-state index is 9.40. The predicted octanol–water partition coefficient (Wildman–Crippen LogP) is 3.92. The highest BCUT2D eigenvalue weighted by molar-refractivity contribution is 5.33. The first-order valence-corrected chi connectivity index (χ1v) is 8.87. The topological polar surface area (TPSA) is 65.3 Å². The Balaban J connectivity index is 1.55. The van der Waals surface area contributed by atoms with Crippen molar-refractivity contribution in [3.8, 4) is 11.8 Å². The van der Waals surface area contributed by atoms with Gasteiger partial charge in [-0.05, 0) is 46.5 Å². The van der Waals surface area contributed by atoms with Gasteiger partial charge in [0.05, 0.1) is 18.2 Å². The monoisotopic (exact) mass is 358 g/mol. The Hall–Kier alpha value is -3.13. The molecule has 136 valence electrons. The van der Waals surface area contributed by atoms with Gasteiger partial charge in [-0.1, -0.05) is 48.5 Å². The highest BCUT2D eigenvalue weighted by atomic mass is 16.5. The van der Waals surface area contributed by atoms with Crippen LogP contribution in [-0.2, 0) is 26.3 Å². The molecule has 0 unspecified atom stereocenters. The van der Waals surface area contributed by atoms with Gasteiger partial charge in [0.25, 0.3) is 0 Å². The summed E-state index contributed by atoms with van der Waals surface area (Å²) in [6, 6.07) is 25.4. The molecule has 0 aliphatic heterocycles. The van der Waals surface area contributed by atoms with Crippen LogP contribution in [0.25, 0.3) is 0 Å². The zero-order valence-electron chi connectivity index (χ0n) is 15.1. The van der Waals surface area contributed by atoms with E-state index in [4.69, 9.17) is 10.00 Å². The Morgan fingerprint density at radius 1 is 0.852 bits per heavy atom. The van der Waals surface area contributed by atoms with Crippen molar-refractivity contribution in [3.63, 3.8) is 0 Å². The van der Waals surface area contributed by atoms with E-state index in [0.717, 1.165) is 28.0 Å². The number of benzene rings is 3. The number of aliphatic hydroxyl groups excluding tert-OH is 1. The molecular weight excluding hydrogens is 336 g/mol. The van der Waals surface area contributed by atoms with Crippen molar-refractivity contribution in [2.24, 2.45) is 0 Å². The molecule has 0 aliphatic rings. The third kappa shape index (κ3) is 5.42. The summed E-state index contributed by atoms with van der Waals surface area (Å²) >= 11 is 0. The largest absolute Gasteiger partial charge is 0.489 e. The molecule has 3 aromatic carbocycles. The summed E-state index contributed by atoms with van der Waals surface area (Å²) in [6.45, 7) is 1.88. The molecule has 27 heavy (non-hydrogen) atoms. The minimum absolute atomic E-state index is 0.0498. The van der Waals surface area contributed by atoms with Crippen LogP contribution in [0.3, 0.4) is 0 Å². The first-order chi connectivity index (χ1) is 13.3. The van der Waals surface area contributed by atoms with Crippen molar-refractivity contribution in [3.05, 3.63) is 101 Å². The molecule has 0 saturated carbocycles. The molecular formula is C23H22N2O2. The maximum atomic E-state index is 9.40. The van der Waals surface area contributed by atoms with Crippen LogP contribution in [0.4, 0.5) is 0 Å². The van der Waals surface area contributed by atoms with Crippen LogP contribution in [0.15, 0.2) is 72.8 Å². The first kappa shape index (κ1) is 18.7. The van der Waals surface area contributed by atoms with Gasteiger partial charge in [0.1, 0.15) is 12.4 Å². The van der Waals surface area contributed by atoms with E-state index < -0.39 is 0 Å². The fourth-order valence-electron chi connectivity index (χ4n) is 2.87. The molecule has 2 N–H and O–H groups in total. The van der Waals surface area contributed by atoms with E-state index in [0.29, 0.717) is 25.3 Å². The summed E-state index contributed by atoms with van der Waals surface area (Å²) in [7, 11) is 0. The van der Waals surface area contributed by atoms with Crippen molar-refractivity contribution < 1.29 is 9.84 Å². The van der Waals surface area contributed by atoms with Gasteiger partial charge in [0.15, 0.2) is 0 Å². The summed E-state index contributed by atoms with van der Waals surface area (Å²) < 4.78 is 5.86. The number of hydrogen-bond acceptors (Lipinski definition) is 4. The van der Waals surface area contributed by atoms with Crippen molar-refractivity contribution in [1.29, 1.82) is 5.26 Å². The number of aliphatic hydroxyl groups is 1. The molecule has 3 aromatic rings. The molecule has 0 amide bonds. The van der Waals surface area contributed by atoms with Crippen LogP contribution >= 0.6 is 0 Å². The van der Waals surface area contributed by atoms with E-state index in [1.165, 1.54) is 0 Å². The van der Waals surface area contributed by atoms with E-state index in [2.05, 4.69) is 11.4 Å². The van der Waals surface area contributed by atoms with Crippen LogP contribution in [0.5, 0.6) is 5.75 Å². The van der Waals surface area contributed by atoms with Gasteiger partial charge in [-0.3, -0.25) is 0 Å². The number of rotatable bonds is 8. The standard InChI is InChI=1S/C23H22N2O2/c24-13-18-5-3-7-20(11-18)17-27-23-10-4-6-19(12-23)14-25-15-21-8-1-2-9-22(21)16-26/h1-12,25-26H,14-17H2. The van der Waals surface area contributed by atoms with Crippen LogP contribution < -0.4 is 10.1 Å². The van der Waals surface area contributed by atoms with Crippen molar-refractivity contribution in [2.75, 3.05) is 0 Å². The lowest BCUT2D eigenvalue weighted by atomic mass is 10.1. The number of ether oxygens (including phenoxy) is 1. The summed E-state index contributed by atoms with van der Waals surface area (Å²) in [5, 5.41) is 21.8. The molecule has 3 rings (SSSR count). The summed E-state index contributed by atoms with van der Waals surface area (Å²) in [5.41, 5.74) is 4.78. The van der Waals surface area contributed by atoms with Crippen LogP contribution in [0, 0.1) is 11.3 Å². The van der Waals surface area contributed by atoms with Gasteiger partial charge in [-0.15, -0.1) is 0 Å². The van der Waals surface area contributed by atoms with Gasteiger partial charge in [-0.2, -0.15) is 5.26 Å². The minimum Gasteiger partial charge on any atom is -0.489 e. The Morgan fingerprint density at radius 3 is 2.44 bits per heavy atom. The van der Waals surface area contributed by atoms with Crippen LogP contribution in [-0.4, -0.2) is 5.11 Å². The molecule has 4 heteroatoms. The number of nitrogens with zero attached hydrogens (tertiary/aromatic N) is 1. The molecule has 0 spiro atoms. The lowest BCUT2D eigenvalue weighted by Crippen LogP contribution is -2.14. The van der Waals surface area contributed by atoms with Crippen molar-refractivity contribution in [2.45, 2.75) is 26.3 Å². The van der Waals surface area contributed by atoms with E-state index in [-0.39, 0.29) is 6.61 Å².